The van der Waals surface area contributed by atoms with Gasteiger partial charge in [-0.25, -0.2) is 0 Å². The van der Waals surface area contributed by atoms with E-state index in [-0.39, 0.29) is 0 Å². The number of unbranched alkanes of at least 4 members (excludes halogenated alkanes) is 1. The number of aryl methyl sites for hydroxylation is 1. The quantitative estimate of drug-likeness (QED) is 0.409. The van der Waals surface area contributed by atoms with Crippen molar-refractivity contribution in [1.82, 2.24) is 0 Å². The Morgan fingerprint density at radius 1 is 1.17 bits per heavy atom. The zero-order valence-electron chi connectivity index (χ0n) is 14.0. The van der Waals surface area contributed by atoms with Gasteiger partial charge in [0.15, 0.2) is 0 Å². The molecule has 128 valence electrons. The summed E-state index contributed by atoms with van der Waals surface area (Å²) in [6.45, 7) is 2.21. The van der Waals surface area contributed by atoms with Crippen LogP contribution in [0.25, 0.3) is 0 Å². The third-order valence-electron chi connectivity index (χ3n) is 4.22. The highest BCUT2D eigenvalue weighted by atomic mass is 35.5. The first-order valence-electron chi connectivity index (χ1n) is 8.13. The molecule has 0 fully saturated rings. The number of hydrogen-bond acceptors (Lipinski definition) is 2. The van der Waals surface area contributed by atoms with E-state index in [1.165, 1.54) is 5.56 Å². The van der Waals surface area contributed by atoms with E-state index in [4.69, 9.17) is 27.9 Å². The summed E-state index contributed by atoms with van der Waals surface area (Å²) in [5.74, 6) is 1.10. The Hall–Kier alpha value is -1.51. The van der Waals surface area contributed by atoms with Gasteiger partial charge in [-0.3, -0.25) is 4.79 Å². The van der Waals surface area contributed by atoms with Crippen molar-refractivity contribution in [2.75, 3.05) is 7.11 Å². The van der Waals surface area contributed by atoms with Gasteiger partial charge in [0.05, 0.1) is 7.11 Å². The molecule has 2 aromatic carbocycles. The van der Waals surface area contributed by atoms with Gasteiger partial charge in [0.25, 0.3) is 5.24 Å². The van der Waals surface area contributed by atoms with Gasteiger partial charge >= 0.3 is 0 Å². The number of benzene rings is 2. The van der Waals surface area contributed by atoms with Crippen LogP contribution in [0.3, 0.4) is 0 Å². The minimum atomic E-state index is -0.456. The highest BCUT2D eigenvalue weighted by Gasteiger charge is 2.10. The van der Waals surface area contributed by atoms with Crippen molar-refractivity contribution in [1.29, 1.82) is 0 Å². The highest BCUT2D eigenvalue weighted by molar-refractivity contribution is 6.67. The minimum absolute atomic E-state index is 0.434. The Kier molecular flexibility index (Phi) is 7.14. The molecule has 0 N–H and O–H groups in total. The second kappa shape index (κ2) is 9.10. The van der Waals surface area contributed by atoms with E-state index >= 15 is 0 Å². The van der Waals surface area contributed by atoms with Crippen molar-refractivity contribution in [3.05, 3.63) is 64.2 Å². The number of rotatable bonds is 8. The number of carbonyl (C=O) groups excluding carboxylic acids is 1. The van der Waals surface area contributed by atoms with E-state index in [2.05, 4.69) is 13.0 Å². The average Bonchev–Trinajstić information content (AvgIpc) is 2.58. The topological polar surface area (TPSA) is 26.3 Å². The zero-order valence-corrected chi connectivity index (χ0v) is 15.5. The molecule has 0 spiro atoms. The molecular formula is C20H22Cl2O2. The first-order valence-corrected chi connectivity index (χ1v) is 8.89. The van der Waals surface area contributed by atoms with Gasteiger partial charge < -0.3 is 4.74 Å². The van der Waals surface area contributed by atoms with Gasteiger partial charge in [-0.2, -0.15) is 0 Å². The lowest BCUT2D eigenvalue weighted by atomic mass is 9.94. The van der Waals surface area contributed by atoms with Crippen molar-refractivity contribution in [2.24, 2.45) is 0 Å². The summed E-state index contributed by atoms with van der Waals surface area (Å²) >= 11 is 11.8. The molecule has 1 unspecified atom stereocenters. The number of carbonyl (C=O) groups is 1. The van der Waals surface area contributed by atoms with Gasteiger partial charge in [0.1, 0.15) is 5.75 Å². The molecule has 0 amide bonds. The Labute approximate surface area is 153 Å². The van der Waals surface area contributed by atoms with Crippen LogP contribution >= 0.6 is 23.2 Å². The number of ether oxygens (including phenoxy) is 1. The van der Waals surface area contributed by atoms with Gasteiger partial charge in [-0.15, -0.1) is 0 Å². The summed E-state index contributed by atoms with van der Waals surface area (Å²) in [6, 6.07) is 13.5. The maximum atomic E-state index is 11.4. The number of methoxy groups -OCH3 is 1. The lowest BCUT2D eigenvalue weighted by molar-refractivity contribution is 0.108. The molecule has 4 heteroatoms. The minimum Gasteiger partial charge on any atom is -0.497 e. The maximum Gasteiger partial charge on any atom is 0.252 e. The van der Waals surface area contributed by atoms with Crippen LogP contribution in [0.4, 0.5) is 0 Å². The number of hydrogen-bond donors (Lipinski definition) is 0. The third kappa shape index (κ3) is 5.25. The van der Waals surface area contributed by atoms with E-state index in [1.807, 2.05) is 30.3 Å². The third-order valence-corrected chi connectivity index (χ3v) is 4.78. The Bertz CT molecular complexity index is 698. The van der Waals surface area contributed by atoms with Crippen molar-refractivity contribution in [2.45, 2.75) is 38.5 Å². The van der Waals surface area contributed by atoms with Gasteiger partial charge in [0, 0.05) is 10.6 Å². The monoisotopic (exact) mass is 364 g/mol. The predicted octanol–water partition coefficient (Wildman–Crippen LogP) is 6.24. The molecule has 0 radical (unpaired) electrons. The van der Waals surface area contributed by atoms with Crippen LogP contribution in [0, 0.1) is 0 Å². The summed E-state index contributed by atoms with van der Waals surface area (Å²) in [4.78, 5) is 11.4. The molecule has 24 heavy (non-hydrogen) atoms. The molecular weight excluding hydrogens is 343 g/mol. The van der Waals surface area contributed by atoms with Gasteiger partial charge in [0.2, 0.25) is 0 Å². The van der Waals surface area contributed by atoms with Crippen molar-refractivity contribution < 1.29 is 9.53 Å². The second-order valence-electron chi connectivity index (χ2n) is 6.01. The fourth-order valence-electron chi connectivity index (χ4n) is 2.85. The van der Waals surface area contributed by atoms with Crippen molar-refractivity contribution >= 4 is 28.4 Å². The molecule has 0 aromatic heterocycles. The summed E-state index contributed by atoms with van der Waals surface area (Å²) in [5, 5.41) is 0.380. The van der Waals surface area contributed by atoms with E-state index in [9.17, 15) is 4.79 Å². The fourth-order valence-corrected chi connectivity index (χ4v) is 3.28. The normalized spacial score (nSPS) is 12.0. The summed E-state index contributed by atoms with van der Waals surface area (Å²) < 4.78 is 5.24. The molecule has 0 saturated heterocycles. The molecule has 0 aliphatic rings. The Morgan fingerprint density at radius 2 is 1.92 bits per heavy atom. The first-order chi connectivity index (χ1) is 11.5. The van der Waals surface area contributed by atoms with Crippen molar-refractivity contribution in [3.8, 4) is 5.75 Å². The van der Waals surface area contributed by atoms with E-state index in [1.54, 1.807) is 13.2 Å². The lowest BCUT2D eigenvalue weighted by Crippen LogP contribution is -1.97. The van der Waals surface area contributed by atoms with E-state index in [0.717, 1.165) is 36.3 Å². The fraction of sp³-hybridized carbons (Fsp3) is 0.350. The molecule has 0 heterocycles. The van der Waals surface area contributed by atoms with E-state index < -0.39 is 5.24 Å². The largest absolute Gasteiger partial charge is 0.497 e. The maximum absolute atomic E-state index is 11.4. The van der Waals surface area contributed by atoms with Crippen molar-refractivity contribution in [3.63, 3.8) is 0 Å². The Morgan fingerprint density at radius 3 is 2.58 bits per heavy atom. The summed E-state index contributed by atoms with van der Waals surface area (Å²) in [7, 11) is 1.59. The van der Waals surface area contributed by atoms with Crippen LogP contribution in [0.1, 0.15) is 53.6 Å². The molecule has 0 saturated carbocycles. The van der Waals surface area contributed by atoms with Crippen LogP contribution in [-0.4, -0.2) is 12.4 Å². The standard InChI is InChI=1S/C20H22Cl2O2/c1-14(18-9-5-6-10-19(18)21)7-3-4-8-15-11-16(20(22)23)13-17(12-15)24-2/h5-6,9-14H,3-4,7-8H2,1-2H3. The predicted molar refractivity (Wildman–Crippen MR) is 101 cm³/mol. The van der Waals surface area contributed by atoms with E-state index in [0.29, 0.717) is 17.2 Å². The average molecular weight is 365 g/mol. The highest BCUT2D eigenvalue weighted by Crippen LogP contribution is 2.28. The van der Waals surface area contributed by atoms with Crippen LogP contribution < -0.4 is 4.74 Å². The zero-order chi connectivity index (χ0) is 17.5. The number of halogens is 2. The smallest absolute Gasteiger partial charge is 0.252 e. The summed E-state index contributed by atoms with van der Waals surface area (Å²) in [6.07, 6.45) is 4.10. The molecule has 1 atom stereocenters. The SMILES string of the molecule is COc1cc(CCCCC(C)c2ccccc2Cl)cc(C(=O)Cl)c1. The van der Waals surface area contributed by atoms with Gasteiger partial charge in [-0.05, 0) is 72.2 Å². The lowest BCUT2D eigenvalue weighted by Gasteiger charge is -2.13. The molecule has 2 rings (SSSR count). The van der Waals surface area contributed by atoms with Crippen LogP contribution in [0.5, 0.6) is 5.75 Å². The molecule has 0 aliphatic carbocycles. The molecule has 0 aliphatic heterocycles. The Balaban J connectivity index is 1.89. The second-order valence-corrected chi connectivity index (χ2v) is 6.76. The summed E-state index contributed by atoms with van der Waals surface area (Å²) in [5.41, 5.74) is 2.76. The van der Waals surface area contributed by atoms with Crippen LogP contribution in [0.15, 0.2) is 42.5 Å². The molecule has 2 nitrogen and oxygen atoms in total. The first kappa shape index (κ1) is 18.8. The molecule has 0 bridgehead atoms. The van der Waals surface area contributed by atoms with Crippen LogP contribution in [-0.2, 0) is 6.42 Å². The van der Waals surface area contributed by atoms with Gasteiger partial charge in [-0.1, -0.05) is 43.1 Å². The van der Waals surface area contributed by atoms with Crippen LogP contribution in [0.2, 0.25) is 5.02 Å². The molecule has 2 aromatic rings.